The average molecular weight is 242 g/mol. The van der Waals surface area contributed by atoms with E-state index in [1.807, 2.05) is 12.1 Å². The number of rotatable bonds is 2. The molecule has 0 spiro atoms. The SMILES string of the molecule is CNc1ccc2ncc(-c3ccccc3F)n2n1. The first-order chi connectivity index (χ1) is 8.79. The smallest absolute Gasteiger partial charge is 0.154 e. The molecule has 0 radical (unpaired) electrons. The summed E-state index contributed by atoms with van der Waals surface area (Å²) in [6, 6.07) is 10.3. The maximum Gasteiger partial charge on any atom is 0.154 e. The predicted molar refractivity (Wildman–Crippen MR) is 67.9 cm³/mol. The van der Waals surface area contributed by atoms with Crippen molar-refractivity contribution in [1.82, 2.24) is 14.6 Å². The summed E-state index contributed by atoms with van der Waals surface area (Å²) in [4.78, 5) is 4.22. The molecule has 4 nitrogen and oxygen atoms in total. The molecular formula is C13H11FN4. The Labute approximate surface area is 103 Å². The summed E-state index contributed by atoms with van der Waals surface area (Å²) in [6.07, 6.45) is 1.63. The highest BCUT2D eigenvalue weighted by atomic mass is 19.1. The number of nitrogens with one attached hydrogen (secondary N) is 1. The second-order valence-corrected chi connectivity index (χ2v) is 3.86. The van der Waals surface area contributed by atoms with Gasteiger partial charge in [0.15, 0.2) is 5.65 Å². The molecule has 0 bridgehead atoms. The minimum Gasteiger partial charge on any atom is -0.372 e. The van der Waals surface area contributed by atoms with Gasteiger partial charge in [0, 0.05) is 12.6 Å². The summed E-state index contributed by atoms with van der Waals surface area (Å²) >= 11 is 0. The number of anilines is 1. The summed E-state index contributed by atoms with van der Waals surface area (Å²) in [6.45, 7) is 0. The van der Waals surface area contributed by atoms with Crippen molar-refractivity contribution in [3.05, 3.63) is 48.4 Å². The van der Waals surface area contributed by atoms with E-state index in [2.05, 4.69) is 15.4 Å². The fourth-order valence-electron chi connectivity index (χ4n) is 1.86. The van der Waals surface area contributed by atoms with Crippen LogP contribution < -0.4 is 5.32 Å². The largest absolute Gasteiger partial charge is 0.372 e. The zero-order chi connectivity index (χ0) is 12.5. The van der Waals surface area contributed by atoms with Gasteiger partial charge in [-0.3, -0.25) is 0 Å². The van der Waals surface area contributed by atoms with Crippen LogP contribution in [-0.4, -0.2) is 21.6 Å². The highest BCUT2D eigenvalue weighted by molar-refractivity contribution is 5.64. The van der Waals surface area contributed by atoms with Crippen molar-refractivity contribution in [2.45, 2.75) is 0 Å². The Morgan fingerprint density at radius 3 is 2.78 bits per heavy atom. The molecule has 1 aromatic carbocycles. The van der Waals surface area contributed by atoms with E-state index in [0.29, 0.717) is 22.7 Å². The Kier molecular flexibility index (Phi) is 2.44. The molecule has 0 unspecified atom stereocenters. The third kappa shape index (κ3) is 1.60. The molecule has 0 aliphatic heterocycles. The van der Waals surface area contributed by atoms with Crippen molar-refractivity contribution in [1.29, 1.82) is 0 Å². The first-order valence-electron chi connectivity index (χ1n) is 5.57. The molecule has 18 heavy (non-hydrogen) atoms. The summed E-state index contributed by atoms with van der Waals surface area (Å²) in [7, 11) is 1.79. The van der Waals surface area contributed by atoms with E-state index < -0.39 is 0 Å². The molecule has 0 amide bonds. The highest BCUT2D eigenvalue weighted by Gasteiger charge is 2.11. The summed E-state index contributed by atoms with van der Waals surface area (Å²) in [5.41, 5.74) is 1.82. The number of nitrogens with zero attached hydrogens (tertiary/aromatic N) is 3. The topological polar surface area (TPSA) is 42.2 Å². The van der Waals surface area contributed by atoms with Crippen molar-refractivity contribution in [2.24, 2.45) is 0 Å². The van der Waals surface area contributed by atoms with Crippen LogP contribution in [0.1, 0.15) is 0 Å². The number of imidazole rings is 1. The van der Waals surface area contributed by atoms with Gasteiger partial charge in [0.25, 0.3) is 0 Å². The van der Waals surface area contributed by atoms with Crippen LogP contribution in [0.2, 0.25) is 0 Å². The van der Waals surface area contributed by atoms with E-state index in [0.717, 1.165) is 0 Å². The number of hydrogen-bond donors (Lipinski definition) is 1. The van der Waals surface area contributed by atoms with Crippen molar-refractivity contribution in [3.63, 3.8) is 0 Å². The molecule has 0 atom stereocenters. The lowest BCUT2D eigenvalue weighted by Gasteiger charge is -2.04. The molecule has 3 rings (SSSR count). The van der Waals surface area contributed by atoms with E-state index in [-0.39, 0.29) is 5.82 Å². The minimum absolute atomic E-state index is 0.282. The van der Waals surface area contributed by atoms with Gasteiger partial charge in [-0.2, -0.15) is 0 Å². The van der Waals surface area contributed by atoms with Crippen LogP contribution >= 0.6 is 0 Å². The predicted octanol–water partition coefficient (Wildman–Crippen LogP) is 2.58. The number of aromatic nitrogens is 3. The molecule has 3 aromatic rings. The molecule has 90 valence electrons. The maximum absolute atomic E-state index is 13.8. The molecular weight excluding hydrogens is 231 g/mol. The number of hydrogen-bond acceptors (Lipinski definition) is 3. The van der Waals surface area contributed by atoms with Gasteiger partial charge < -0.3 is 5.32 Å². The molecule has 0 aliphatic rings. The molecule has 0 aliphatic carbocycles. The third-order valence-corrected chi connectivity index (χ3v) is 2.77. The van der Waals surface area contributed by atoms with Gasteiger partial charge >= 0.3 is 0 Å². The van der Waals surface area contributed by atoms with Gasteiger partial charge in [0.05, 0.1) is 11.9 Å². The van der Waals surface area contributed by atoms with Gasteiger partial charge in [-0.05, 0) is 24.3 Å². The first-order valence-corrected chi connectivity index (χ1v) is 5.57. The molecule has 0 saturated heterocycles. The molecule has 0 fully saturated rings. The lowest BCUT2D eigenvalue weighted by molar-refractivity contribution is 0.630. The fourth-order valence-corrected chi connectivity index (χ4v) is 1.86. The zero-order valence-electron chi connectivity index (χ0n) is 9.76. The average Bonchev–Trinajstić information content (AvgIpc) is 2.82. The zero-order valence-corrected chi connectivity index (χ0v) is 9.76. The Morgan fingerprint density at radius 1 is 1.17 bits per heavy atom. The quantitative estimate of drug-likeness (QED) is 0.751. The Balaban J connectivity index is 2.26. The maximum atomic E-state index is 13.8. The highest BCUT2D eigenvalue weighted by Crippen LogP contribution is 2.23. The van der Waals surface area contributed by atoms with Gasteiger partial charge in [-0.25, -0.2) is 13.9 Å². The summed E-state index contributed by atoms with van der Waals surface area (Å²) in [5, 5.41) is 7.30. The van der Waals surface area contributed by atoms with Crippen molar-refractivity contribution >= 4 is 11.5 Å². The summed E-state index contributed by atoms with van der Waals surface area (Å²) < 4.78 is 15.4. The van der Waals surface area contributed by atoms with Crippen LogP contribution in [0, 0.1) is 5.82 Å². The summed E-state index contributed by atoms with van der Waals surface area (Å²) in [5.74, 6) is 0.425. The van der Waals surface area contributed by atoms with Crippen molar-refractivity contribution in [2.75, 3.05) is 12.4 Å². The Morgan fingerprint density at radius 2 is 2.00 bits per heavy atom. The van der Waals surface area contributed by atoms with Gasteiger partial charge in [-0.15, -0.1) is 5.10 Å². The third-order valence-electron chi connectivity index (χ3n) is 2.77. The van der Waals surface area contributed by atoms with E-state index in [9.17, 15) is 4.39 Å². The van der Waals surface area contributed by atoms with Crippen LogP contribution in [0.5, 0.6) is 0 Å². The normalized spacial score (nSPS) is 10.8. The van der Waals surface area contributed by atoms with Crippen LogP contribution in [-0.2, 0) is 0 Å². The van der Waals surface area contributed by atoms with E-state index in [1.165, 1.54) is 6.07 Å². The van der Waals surface area contributed by atoms with Crippen LogP contribution in [0.15, 0.2) is 42.6 Å². The Hall–Kier alpha value is -2.43. The van der Waals surface area contributed by atoms with Crippen LogP contribution in [0.25, 0.3) is 16.9 Å². The first kappa shape index (κ1) is 10.7. The van der Waals surface area contributed by atoms with Crippen molar-refractivity contribution in [3.8, 4) is 11.3 Å². The molecule has 2 aromatic heterocycles. The standard InChI is InChI=1S/C13H11FN4/c1-15-12-6-7-13-16-8-11(18(13)17-12)9-4-2-3-5-10(9)14/h2-8H,1H3,(H,15,17). The lowest BCUT2D eigenvalue weighted by Crippen LogP contribution is -2.00. The number of fused-ring (bicyclic) bond motifs is 1. The molecule has 0 saturated carbocycles. The van der Waals surface area contributed by atoms with E-state index in [4.69, 9.17) is 0 Å². The minimum atomic E-state index is -0.282. The number of halogens is 1. The van der Waals surface area contributed by atoms with Gasteiger partial charge in [0.1, 0.15) is 11.6 Å². The number of benzene rings is 1. The molecule has 5 heteroatoms. The lowest BCUT2D eigenvalue weighted by atomic mass is 10.1. The van der Waals surface area contributed by atoms with Gasteiger partial charge in [0.2, 0.25) is 0 Å². The molecule has 1 N–H and O–H groups in total. The van der Waals surface area contributed by atoms with Crippen LogP contribution in [0.4, 0.5) is 10.2 Å². The van der Waals surface area contributed by atoms with Crippen LogP contribution in [0.3, 0.4) is 0 Å². The van der Waals surface area contributed by atoms with Gasteiger partial charge in [-0.1, -0.05) is 12.1 Å². The van der Waals surface area contributed by atoms with E-state index in [1.54, 1.807) is 36.0 Å². The molecule has 2 heterocycles. The Bertz CT molecular complexity index is 705. The second-order valence-electron chi connectivity index (χ2n) is 3.86. The fraction of sp³-hybridized carbons (Fsp3) is 0.0769. The van der Waals surface area contributed by atoms with E-state index >= 15 is 0 Å². The second kappa shape index (κ2) is 4.10. The monoisotopic (exact) mass is 242 g/mol. The van der Waals surface area contributed by atoms with Crippen molar-refractivity contribution < 1.29 is 4.39 Å².